The van der Waals surface area contributed by atoms with Crippen LogP contribution in [-0.4, -0.2) is 27.6 Å². The summed E-state index contributed by atoms with van der Waals surface area (Å²) in [6.07, 6.45) is 4.92. The fourth-order valence-corrected chi connectivity index (χ4v) is 0.540. The van der Waals surface area contributed by atoms with Gasteiger partial charge < -0.3 is 5.11 Å². The number of nitrogens with zero attached hydrogens (tertiary/aromatic N) is 3. The minimum atomic E-state index is -0.182. The Hall–Kier alpha value is -1.78. The Labute approximate surface area is 63.0 Å². The topological polar surface area (TPSA) is 82.2 Å². The van der Waals surface area contributed by atoms with Crippen LogP contribution >= 0.6 is 0 Å². The lowest BCUT2D eigenvalue weighted by Gasteiger charge is -1.91. The molecule has 0 saturated heterocycles. The van der Waals surface area contributed by atoms with Crippen LogP contribution in [0.1, 0.15) is 5.69 Å². The molecule has 0 aromatic carbocycles. The zero-order valence-corrected chi connectivity index (χ0v) is 5.60. The molecule has 0 atom stereocenters. The van der Waals surface area contributed by atoms with Gasteiger partial charge in [-0.2, -0.15) is 0 Å². The van der Waals surface area contributed by atoms with Crippen molar-refractivity contribution in [3.8, 4) is 5.88 Å². The van der Waals surface area contributed by atoms with Crippen molar-refractivity contribution in [2.24, 2.45) is 4.99 Å². The Kier molecular flexibility index (Phi) is 2.27. The van der Waals surface area contributed by atoms with Crippen molar-refractivity contribution < 1.29 is 5.11 Å². The highest BCUT2D eigenvalue weighted by Crippen LogP contribution is 2.04. The van der Waals surface area contributed by atoms with Crippen LogP contribution in [0.25, 0.3) is 0 Å². The average molecular weight is 150 g/mol. The smallest absolute Gasteiger partial charge is 0.239 e. The average Bonchev–Trinajstić information content (AvgIpc) is 2.03. The predicted octanol–water partition coefficient (Wildman–Crippen LogP) is 0.208. The summed E-state index contributed by atoms with van der Waals surface area (Å²) in [5, 5.41) is 15.6. The highest BCUT2D eigenvalue weighted by Gasteiger charge is 1.96. The molecule has 5 heteroatoms. The maximum absolute atomic E-state index is 9.00. The van der Waals surface area contributed by atoms with Crippen LogP contribution in [0.2, 0.25) is 0 Å². The molecule has 0 bridgehead atoms. The first-order chi connectivity index (χ1) is 5.34. The molecular weight excluding hydrogens is 144 g/mol. The normalized spacial score (nSPS) is 10.2. The number of rotatable bonds is 2. The van der Waals surface area contributed by atoms with E-state index in [0.29, 0.717) is 0 Å². The summed E-state index contributed by atoms with van der Waals surface area (Å²) in [4.78, 5) is 10.8. The van der Waals surface area contributed by atoms with Crippen molar-refractivity contribution in [1.82, 2.24) is 9.97 Å². The molecular formula is C6H6N4O. The number of aromatic hydroxyl groups is 1. The van der Waals surface area contributed by atoms with E-state index in [4.69, 9.17) is 10.5 Å². The number of hydrogen-bond donors (Lipinski definition) is 2. The molecule has 56 valence electrons. The van der Waals surface area contributed by atoms with E-state index in [1.54, 1.807) is 0 Å². The molecule has 0 unspecified atom stereocenters. The van der Waals surface area contributed by atoms with E-state index < -0.39 is 0 Å². The summed E-state index contributed by atoms with van der Waals surface area (Å²) >= 11 is 0. The molecule has 0 spiro atoms. The number of hydrogen-bond acceptors (Lipinski definition) is 4. The summed E-state index contributed by atoms with van der Waals surface area (Å²) in [5.41, 5.74) is 0.260. The van der Waals surface area contributed by atoms with Gasteiger partial charge in [-0.15, -0.1) is 0 Å². The fourth-order valence-electron chi connectivity index (χ4n) is 0.540. The summed E-state index contributed by atoms with van der Waals surface area (Å²) in [5.74, 6) is -0.182. The maximum Gasteiger partial charge on any atom is 0.239 e. The first-order valence-corrected chi connectivity index (χ1v) is 2.86. The van der Waals surface area contributed by atoms with Gasteiger partial charge in [0.05, 0.1) is 6.21 Å². The Morgan fingerprint density at radius 1 is 1.45 bits per heavy atom. The second kappa shape index (κ2) is 3.40. The summed E-state index contributed by atoms with van der Waals surface area (Å²) in [6.45, 7) is 0. The van der Waals surface area contributed by atoms with Gasteiger partial charge in [0.2, 0.25) is 5.88 Å². The van der Waals surface area contributed by atoms with Crippen molar-refractivity contribution in [3.05, 3.63) is 18.1 Å². The van der Waals surface area contributed by atoms with Gasteiger partial charge in [-0.05, 0) is 0 Å². The fraction of sp³-hybridized carbons (Fsp3) is 0. The highest BCUT2D eigenvalue weighted by molar-refractivity contribution is 5.84. The first kappa shape index (κ1) is 7.33. The molecule has 0 aliphatic heterocycles. The zero-order valence-electron chi connectivity index (χ0n) is 5.60. The van der Waals surface area contributed by atoms with E-state index in [9.17, 15) is 0 Å². The molecule has 11 heavy (non-hydrogen) atoms. The Morgan fingerprint density at radius 2 is 2.18 bits per heavy atom. The minimum absolute atomic E-state index is 0.182. The molecule has 5 nitrogen and oxygen atoms in total. The van der Waals surface area contributed by atoms with Crippen LogP contribution in [0.5, 0.6) is 5.88 Å². The quantitative estimate of drug-likeness (QED) is 0.467. The number of nitrogens with one attached hydrogen (secondary N) is 1. The lowest BCUT2D eigenvalue weighted by Crippen LogP contribution is -1.89. The van der Waals surface area contributed by atoms with Crippen LogP contribution in [0.3, 0.4) is 0 Å². The van der Waals surface area contributed by atoms with E-state index >= 15 is 0 Å². The second-order valence-corrected chi connectivity index (χ2v) is 1.67. The van der Waals surface area contributed by atoms with E-state index in [1.165, 1.54) is 18.6 Å². The van der Waals surface area contributed by atoms with Crippen LogP contribution in [-0.2, 0) is 0 Å². The van der Waals surface area contributed by atoms with Crippen molar-refractivity contribution in [2.75, 3.05) is 0 Å². The standard InChI is InChI=1S/C6H6N4O/c7-4-8-3-5-6(11)10-2-1-9-5/h1-4,7H,(H,10,11)/b7-4?,8-3+. The van der Waals surface area contributed by atoms with Gasteiger partial charge in [0.1, 0.15) is 12.0 Å². The summed E-state index contributed by atoms with van der Waals surface area (Å²) in [6, 6.07) is 0. The molecule has 0 fully saturated rings. The van der Waals surface area contributed by atoms with Crippen molar-refractivity contribution in [1.29, 1.82) is 5.41 Å². The van der Waals surface area contributed by atoms with Gasteiger partial charge in [-0.25, -0.2) is 15.0 Å². The summed E-state index contributed by atoms with van der Waals surface area (Å²) in [7, 11) is 0. The minimum Gasteiger partial charge on any atom is -0.492 e. The van der Waals surface area contributed by atoms with Gasteiger partial charge in [0.15, 0.2) is 0 Å². The van der Waals surface area contributed by atoms with Gasteiger partial charge in [-0.3, -0.25) is 5.41 Å². The predicted molar refractivity (Wildman–Crippen MR) is 40.1 cm³/mol. The van der Waals surface area contributed by atoms with Crippen LogP contribution in [0, 0.1) is 5.41 Å². The number of aliphatic imine (C=N–C) groups is 1. The monoisotopic (exact) mass is 150 g/mol. The largest absolute Gasteiger partial charge is 0.492 e. The van der Waals surface area contributed by atoms with Gasteiger partial charge in [-0.1, -0.05) is 0 Å². The molecule has 0 saturated carbocycles. The SMILES string of the molecule is N=C/N=C/c1nccnc1O. The molecule has 1 aromatic heterocycles. The summed E-state index contributed by atoms with van der Waals surface area (Å²) < 4.78 is 0. The molecule has 0 radical (unpaired) electrons. The van der Waals surface area contributed by atoms with E-state index in [0.717, 1.165) is 6.34 Å². The molecule has 0 amide bonds. The lowest BCUT2D eigenvalue weighted by atomic mass is 10.5. The molecule has 1 rings (SSSR count). The molecule has 1 heterocycles. The lowest BCUT2D eigenvalue weighted by molar-refractivity contribution is 0.449. The highest BCUT2D eigenvalue weighted by atomic mass is 16.3. The zero-order chi connectivity index (χ0) is 8.10. The van der Waals surface area contributed by atoms with Crippen LogP contribution in [0.15, 0.2) is 17.4 Å². The Bertz CT molecular complexity index is 284. The maximum atomic E-state index is 9.00. The Balaban J connectivity index is 2.94. The first-order valence-electron chi connectivity index (χ1n) is 2.86. The second-order valence-electron chi connectivity index (χ2n) is 1.67. The third-order valence-electron chi connectivity index (χ3n) is 0.978. The van der Waals surface area contributed by atoms with Crippen LogP contribution < -0.4 is 0 Å². The molecule has 1 aromatic rings. The molecule has 2 N–H and O–H groups in total. The third-order valence-corrected chi connectivity index (χ3v) is 0.978. The van der Waals surface area contributed by atoms with E-state index in [2.05, 4.69) is 15.0 Å². The van der Waals surface area contributed by atoms with Crippen molar-refractivity contribution >= 4 is 12.6 Å². The number of aromatic nitrogens is 2. The van der Waals surface area contributed by atoms with E-state index in [1.807, 2.05) is 0 Å². The van der Waals surface area contributed by atoms with E-state index in [-0.39, 0.29) is 11.6 Å². The van der Waals surface area contributed by atoms with Gasteiger partial charge in [0.25, 0.3) is 0 Å². The third kappa shape index (κ3) is 1.82. The van der Waals surface area contributed by atoms with Gasteiger partial charge >= 0.3 is 0 Å². The molecule has 0 aliphatic rings. The molecule has 0 aliphatic carbocycles. The Morgan fingerprint density at radius 3 is 2.82 bits per heavy atom. The van der Waals surface area contributed by atoms with Crippen molar-refractivity contribution in [2.45, 2.75) is 0 Å². The van der Waals surface area contributed by atoms with Crippen molar-refractivity contribution in [3.63, 3.8) is 0 Å². The van der Waals surface area contributed by atoms with Crippen LogP contribution in [0.4, 0.5) is 0 Å². The van der Waals surface area contributed by atoms with Gasteiger partial charge in [0, 0.05) is 12.4 Å².